The minimum Gasteiger partial charge on any atom is -0.361 e. The largest absolute Gasteiger partial charge is 0.361 e. The molecular weight excluding hydrogens is 246 g/mol. The Hall–Kier alpha value is -2.13. The van der Waals surface area contributed by atoms with Gasteiger partial charge >= 0.3 is 0 Å². The lowest BCUT2D eigenvalue weighted by Crippen LogP contribution is -2.20. The van der Waals surface area contributed by atoms with Crippen molar-refractivity contribution in [3.05, 3.63) is 66.1 Å². The van der Waals surface area contributed by atoms with Crippen LogP contribution in [0, 0.1) is 0 Å². The number of fused-ring (bicyclic) bond motifs is 1. The van der Waals surface area contributed by atoms with Gasteiger partial charge in [-0.05, 0) is 48.9 Å². The van der Waals surface area contributed by atoms with Crippen molar-refractivity contribution in [1.29, 1.82) is 0 Å². The highest BCUT2D eigenvalue weighted by Crippen LogP contribution is 2.18. The van der Waals surface area contributed by atoms with E-state index in [1.807, 2.05) is 18.6 Å². The number of benzene rings is 1. The van der Waals surface area contributed by atoms with Crippen LogP contribution in [-0.2, 0) is 13.0 Å². The molecule has 0 aliphatic carbocycles. The zero-order valence-corrected chi connectivity index (χ0v) is 11.7. The van der Waals surface area contributed by atoms with Crippen molar-refractivity contribution in [2.75, 3.05) is 13.6 Å². The molecule has 0 spiro atoms. The van der Waals surface area contributed by atoms with E-state index in [0.29, 0.717) is 0 Å². The summed E-state index contributed by atoms with van der Waals surface area (Å²) in [4.78, 5) is 9.68. The first kappa shape index (κ1) is 12.9. The predicted octanol–water partition coefficient (Wildman–Crippen LogP) is 3.24. The van der Waals surface area contributed by atoms with E-state index in [1.54, 1.807) is 0 Å². The minimum absolute atomic E-state index is 0.972. The van der Waals surface area contributed by atoms with Crippen LogP contribution in [0.15, 0.2) is 55.0 Å². The first-order chi connectivity index (χ1) is 9.83. The van der Waals surface area contributed by atoms with Crippen molar-refractivity contribution >= 4 is 10.9 Å². The molecule has 20 heavy (non-hydrogen) atoms. The van der Waals surface area contributed by atoms with Crippen molar-refractivity contribution in [3.8, 4) is 0 Å². The molecule has 3 rings (SSSR count). The van der Waals surface area contributed by atoms with E-state index in [4.69, 9.17) is 0 Å². The van der Waals surface area contributed by atoms with Crippen LogP contribution in [-0.4, -0.2) is 28.5 Å². The van der Waals surface area contributed by atoms with Gasteiger partial charge in [-0.1, -0.05) is 12.1 Å². The molecule has 0 radical (unpaired) electrons. The van der Waals surface area contributed by atoms with Crippen molar-refractivity contribution < 1.29 is 0 Å². The van der Waals surface area contributed by atoms with E-state index in [0.717, 1.165) is 19.5 Å². The van der Waals surface area contributed by atoms with Crippen LogP contribution >= 0.6 is 0 Å². The average Bonchev–Trinajstić information content (AvgIpc) is 2.96. The standard InChI is InChI=1S/C17H19N3/c1-20(12-8-14-5-9-18-10-6-14)13-15-3-2-4-17-16(15)7-11-19-17/h2-7,9-11,19H,8,12-13H2,1H3. The van der Waals surface area contributed by atoms with Crippen LogP contribution in [0.2, 0.25) is 0 Å². The Bertz CT molecular complexity index is 673. The van der Waals surface area contributed by atoms with Crippen LogP contribution in [0.4, 0.5) is 0 Å². The number of hydrogen-bond donors (Lipinski definition) is 1. The zero-order chi connectivity index (χ0) is 13.8. The Morgan fingerprint density at radius 2 is 1.95 bits per heavy atom. The van der Waals surface area contributed by atoms with Crippen LogP contribution in [0.1, 0.15) is 11.1 Å². The van der Waals surface area contributed by atoms with Crippen LogP contribution < -0.4 is 0 Å². The molecule has 0 amide bonds. The Morgan fingerprint density at radius 1 is 1.10 bits per heavy atom. The predicted molar refractivity (Wildman–Crippen MR) is 82.6 cm³/mol. The summed E-state index contributed by atoms with van der Waals surface area (Å²) in [6.07, 6.45) is 6.78. The van der Waals surface area contributed by atoms with Gasteiger partial charge in [-0.3, -0.25) is 4.98 Å². The topological polar surface area (TPSA) is 31.9 Å². The maximum atomic E-state index is 4.05. The molecule has 0 aliphatic rings. The molecule has 0 unspecified atom stereocenters. The van der Waals surface area contributed by atoms with Crippen molar-refractivity contribution in [3.63, 3.8) is 0 Å². The van der Waals surface area contributed by atoms with Gasteiger partial charge in [-0.2, -0.15) is 0 Å². The highest BCUT2D eigenvalue weighted by Gasteiger charge is 2.05. The van der Waals surface area contributed by atoms with Crippen molar-refractivity contribution in [1.82, 2.24) is 14.9 Å². The van der Waals surface area contributed by atoms with E-state index in [1.165, 1.54) is 22.0 Å². The Labute approximate surface area is 119 Å². The fraction of sp³-hybridized carbons (Fsp3) is 0.235. The minimum atomic E-state index is 0.972. The molecule has 1 N–H and O–H groups in total. The molecule has 102 valence electrons. The molecule has 0 aliphatic heterocycles. The third-order valence-electron chi connectivity index (χ3n) is 3.66. The maximum Gasteiger partial charge on any atom is 0.0457 e. The van der Waals surface area contributed by atoms with Crippen molar-refractivity contribution in [2.45, 2.75) is 13.0 Å². The van der Waals surface area contributed by atoms with E-state index in [-0.39, 0.29) is 0 Å². The SMILES string of the molecule is CN(CCc1ccncc1)Cc1cccc2[nH]ccc12. The van der Waals surface area contributed by atoms with Gasteiger partial charge in [-0.25, -0.2) is 0 Å². The van der Waals surface area contributed by atoms with Gasteiger partial charge in [0.25, 0.3) is 0 Å². The number of rotatable bonds is 5. The summed E-state index contributed by atoms with van der Waals surface area (Å²) < 4.78 is 0. The van der Waals surface area contributed by atoms with Gasteiger partial charge in [0.2, 0.25) is 0 Å². The Morgan fingerprint density at radius 3 is 2.80 bits per heavy atom. The molecule has 1 aromatic carbocycles. The monoisotopic (exact) mass is 265 g/mol. The third-order valence-corrected chi connectivity index (χ3v) is 3.66. The summed E-state index contributed by atoms with van der Waals surface area (Å²) in [7, 11) is 2.17. The van der Waals surface area contributed by atoms with Crippen LogP contribution in [0.3, 0.4) is 0 Å². The summed E-state index contributed by atoms with van der Waals surface area (Å²) in [6.45, 7) is 2.02. The molecule has 3 aromatic rings. The molecule has 0 bridgehead atoms. The molecular formula is C17H19N3. The summed E-state index contributed by atoms with van der Waals surface area (Å²) in [5.74, 6) is 0. The lowest BCUT2D eigenvalue weighted by atomic mass is 10.1. The van der Waals surface area contributed by atoms with Gasteiger partial charge < -0.3 is 9.88 Å². The number of hydrogen-bond acceptors (Lipinski definition) is 2. The second-order valence-corrected chi connectivity index (χ2v) is 5.20. The Balaban J connectivity index is 1.64. The number of aromatic amines is 1. The highest BCUT2D eigenvalue weighted by atomic mass is 15.1. The molecule has 0 saturated heterocycles. The summed E-state index contributed by atoms with van der Waals surface area (Å²) in [5, 5.41) is 1.32. The number of nitrogens with one attached hydrogen (secondary N) is 1. The maximum absolute atomic E-state index is 4.05. The first-order valence-electron chi connectivity index (χ1n) is 6.95. The molecule has 2 heterocycles. The van der Waals surface area contributed by atoms with Crippen LogP contribution in [0.5, 0.6) is 0 Å². The molecule has 0 atom stereocenters. The van der Waals surface area contributed by atoms with Gasteiger partial charge in [-0.15, -0.1) is 0 Å². The fourth-order valence-corrected chi connectivity index (χ4v) is 2.53. The van der Waals surface area contributed by atoms with E-state index in [2.05, 4.69) is 58.3 Å². The van der Waals surface area contributed by atoms with E-state index in [9.17, 15) is 0 Å². The number of likely N-dealkylation sites (N-methyl/N-ethyl adjacent to an activating group) is 1. The second-order valence-electron chi connectivity index (χ2n) is 5.20. The molecule has 3 nitrogen and oxygen atoms in total. The lowest BCUT2D eigenvalue weighted by molar-refractivity contribution is 0.332. The van der Waals surface area contributed by atoms with Crippen molar-refractivity contribution in [2.24, 2.45) is 0 Å². The third kappa shape index (κ3) is 2.89. The first-order valence-corrected chi connectivity index (χ1v) is 6.95. The number of aromatic nitrogens is 2. The Kier molecular flexibility index (Phi) is 3.79. The molecule has 3 heteroatoms. The number of pyridine rings is 1. The summed E-state index contributed by atoms with van der Waals surface area (Å²) in [5.41, 5.74) is 3.93. The van der Waals surface area contributed by atoms with Gasteiger partial charge in [0, 0.05) is 42.6 Å². The summed E-state index contributed by atoms with van der Waals surface area (Å²) in [6, 6.07) is 12.8. The second kappa shape index (κ2) is 5.88. The number of H-pyrrole nitrogens is 1. The summed E-state index contributed by atoms with van der Waals surface area (Å²) >= 11 is 0. The average molecular weight is 265 g/mol. The quantitative estimate of drug-likeness (QED) is 0.768. The van der Waals surface area contributed by atoms with Crippen LogP contribution in [0.25, 0.3) is 10.9 Å². The highest BCUT2D eigenvalue weighted by molar-refractivity contribution is 5.82. The number of nitrogens with zero attached hydrogens (tertiary/aromatic N) is 2. The van der Waals surface area contributed by atoms with Gasteiger partial charge in [0.05, 0.1) is 0 Å². The smallest absolute Gasteiger partial charge is 0.0457 e. The zero-order valence-electron chi connectivity index (χ0n) is 11.7. The van der Waals surface area contributed by atoms with Gasteiger partial charge in [0.15, 0.2) is 0 Å². The molecule has 2 aromatic heterocycles. The van der Waals surface area contributed by atoms with E-state index < -0.39 is 0 Å². The van der Waals surface area contributed by atoms with E-state index >= 15 is 0 Å². The molecule has 0 fully saturated rings. The van der Waals surface area contributed by atoms with Gasteiger partial charge in [0.1, 0.15) is 0 Å². The molecule has 0 saturated carbocycles. The lowest BCUT2D eigenvalue weighted by Gasteiger charge is -2.17. The normalized spacial score (nSPS) is 11.3. The fourth-order valence-electron chi connectivity index (χ4n) is 2.53.